The maximum absolute atomic E-state index is 12.4. The monoisotopic (exact) mass is 224 g/mol. The molecule has 0 radical (unpaired) electrons. The number of carbonyl (C=O) groups is 1. The van der Waals surface area contributed by atoms with Crippen molar-refractivity contribution in [3.05, 3.63) is 0 Å². The van der Waals surface area contributed by atoms with E-state index >= 15 is 0 Å². The average Bonchev–Trinajstić information content (AvgIpc) is 2.58. The van der Waals surface area contributed by atoms with Crippen LogP contribution in [0.5, 0.6) is 0 Å². The Morgan fingerprint density at radius 1 is 1.38 bits per heavy atom. The number of hydrogen-bond donors (Lipinski definition) is 1. The summed E-state index contributed by atoms with van der Waals surface area (Å²) in [5, 5.41) is 3.42. The molecule has 2 unspecified atom stereocenters. The second-order valence-corrected chi connectivity index (χ2v) is 5.99. The fourth-order valence-electron chi connectivity index (χ4n) is 2.95. The van der Waals surface area contributed by atoms with Crippen LogP contribution in [0.15, 0.2) is 0 Å². The van der Waals surface area contributed by atoms with Crippen molar-refractivity contribution in [2.24, 2.45) is 5.92 Å². The fourth-order valence-corrected chi connectivity index (χ4v) is 2.95. The van der Waals surface area contributed by atoms with E-state index in [1.165, 1.54) is 0 Å². The summed E-state index contributed by atoms with van der Waals surface area (Å²) in [6.07, 6.45) is 4.49. The van der Waals surface area contributed by atoms with E-state index in [9.17, 15) is 4.79 Å². The molecule has 3 heteroatoms. The molecule has 2 fully saturated rings. The first-order chi connectivity index (χ1) is 7.50. The third-order valence-electron chi connectivity index (χ3n) is 4.18. The quantitative estimate of drug-likeness (QED) is 0.736. The maximum atomic E-state index is 12.4. The van der Waals surface area contributed by atoms with Crippen LogP contribution in [-0.2, 0) is 4.79 Å². The zero-order valence-corrected chi connectivity index (χ0v) is 10.8. The predicted molar refractivity (Wildman–Crippen MR) is 65.2 cm³/mol. The van der Waals surface area contributed by atoms with Crippen LogP contribution < -0.4 is 5.32 Å². The summed E-state index contributed by atoms with van der Waals surface area (Å²) in [6, 6.07) is 0.579. The van der Waals surface area contributed by atoms with Gasteiger partial charge in [-0.25, -0.2) is 0 Å². The molecule has 0 bridgehead atoms. The van der Waals surface area contributed by atoms with E-state index in [2.05, 4.69) is 31.0 Å². The Kier molecular flexibility index (Phi) is 3.24. The van der Waals surface area contributed by atoms with Gasteiger partial charge in [-0.1, -0.05) is 0 Å². The third kappa shape index (κ3) is 2.24. The van der Waals surface area contributed by atoms with Gasteiger partial charge in [-0.05, 0) is 46.5 Å². The lowest BCUT2D eigenvalue weighted by Gasteiger charge is -2.36. The first-order valence-corrected chi connectivity index (χ1v) is 6.55. The Morgan fingerprint density at radius 3 is 2.62 bits per heavy atom. The zero-order valence-electron chi connectivity index (χ0n) is 10.8. The van der Waals surface area contributed by atoms with E-state index in [0.717, 1.165) is 38.8 Å². The lowest BCUT2D eigenvalue weighted by atomic mass is 9.92. The smallest absolute Gasteiger partial charge is 0.227 e. The molecule has 16 heavy (non-hydrogen) atoms. The molecule has 2 aliphatic heterocycles. The number of piperidine rings is 1. The highest BCUT2D eigenvalue weighted by molar-refractivity contribution is 5.80. The molecule has 3 nitrogen and oxygen atoms in total. The van der Waals surface area contributed by atoms with E-state index in [4.69, 9.17) is 0 Å². The Bertz CT molecular complexity index is 267. The number of rotatable bonds is 1. The van der Waals surface area contributed by atoms with E-state index in [1.807, 2.05) is 0 Å². The minimum atomic E-state index is 0.0835. The minimum Gasteiger partial charge on any atom is -0.337 e. The van der Waals surface area contributed by atoms with E-state index in [-0.39, 0.29) is 11.5 Å². The maximum Gasteiger partial charge on any atom is 0.227 e. The van der Waals surface area contributed by atoms with E-state index < -0.39 is 0 Å². The number of carbonyl (C=O) groups excluding carboxylic acids is 1. The summed E-state index contributed by atoms with van der Waals surface area (Å²) in [5.41, 5.74) is 0.0835. The lowest BCUT2D eigenvalue weighted by Crippen LogP contribution is -2.50. The van der Waals surface area contributed by atoms with Crippen molar-refractivity contribution in [3.63, 3.8) is 0 Å². The largest absolute Gasteiger partial charge is 0.337 e. The Labute approximate surface area is 98.6 Å². The van der Waals surface area contributed by atoms with Gasteiger partial charge in [0.15, 0.2) is 0 Å². The normalized spacial score (nSPS) is 34.1. The molecule has 92 valence electrons. The van der Waals surface area contributed by atoms with Gasteiger partial charge >= 0.3 is 0 Å². The van der Waals surface area contributed by atoms with Crippen LogP contribution in [0.3, 0.4) is 0 Å². The Hall–Kier alpha value is -0.570. The predicted octanol–water partition coefficient (Wildman–Crippen LogP) is 1.78. The van der Waals surface area contributed by atoms with Crippen LogP contribution in [-0.4, -0.2) is 35.5 Å². The summed E-state index contributed by atoms with van der Waals surface area (Å²) in [5.74, 6) is 0.593. The van der Waals surface area contributed by atoms with Gasteiger partial charge in [-0.15, -0.1) is 0 Å². The first kappa shape index (κ1) is 11.9. The average molecular weight is 224 g/mol. The van der Waals surface area contributed by atoms with Crippen LogP contribution in [0.25, 0.3) is 0 Å². The highest BCUT2D eigenvalue weighted by atomic mass is 16.2. The van der Waals surface area contributed by atoms with Crippen LogP contribution >= 0.6 is 0 Å². The third-order valence-corrected chi connectivity index (χ3v) is 4.18. The number of nitrogens with zero attached hydrogens (tertiary/aromatic N) is 1. The van der Waals surface area contributed by atoms with Crippen LogP contribution in [0, 0.1) is 5.92 Å². The van der Waals surface area contributed by atoms with Crippen molar-refractivity contribution in [2.75, 3.05) is 13.1 Å². The molecule has 2 rings (SSSR count). The Morgan fingerprint density at radius 2 is 2.12 bits per heavy atom. The van der Waals surface area contributed by atoms with Crippen molar-refractivity contribution in [1.82, 2.24) is 10.2 Å². The standard InChI is InChI=1S/C13H24N2O/c1-10-5-6-11(9-14-10)12(16)15-8-4-7-13(15,2)3/h10-11,14H,4-9H2,1-3H3. The molecular formula is C13H24N2O. The van der Waals surface area contributed by atoms with Gasteiger partial charge in [0.05, 0.1) is 5.92 Å². The molecule has 2 atom stereocenters. The molecule has 2 heterocycles. The molecule has 0 aromatic rings. The summed E-state index contributed by atoms with van der Waals surface area (Å²) >= 11 is 0. The zero-order chi connectivity index (χ0) is 11.8. The van der Waals surface area contributed by atoms with E-state index in [0.29, 0.717) is 11.9 Å². The molecule has 1 N–H and O–H groups in total. The summed E-state index contributed by atoms with van der Waals surface area (Å²) in [6.45, 7) is 8.40. The highest BCUT2D eigenvalue weighted by Crippen LogP contribution is 2.31. The molecule has 0 saturated carbocycles. The molecule has 1 amide bonds. The van der Waals surface area contributed by atoms with Crippen molar-refractivity contribution in [1.29, 1.82) is 0 Å². The van der Waals surface area contributed by atoms with Gasteiger partial charge in [-0.2, -0.15) is 0 Å². The van der Waals surface area contributed by atoms with Gasteiger partial charge in [-0.3, -0.25) is 4.79 Å². The molecular weight excluding hydrogens is 200 g/mol. The number of hydrogen-bond acceptors (Lipinski definition) is 2. The van der Waals surface area contributed by atoms with Crippen molar-refractivity contribution in [3.8, 4) is 0 Å². The van der Waals surface area contributed by atoms with Crippen LogP contribution in [0.2, 0.25) is 0 Å². The second kappa shape index (κ2) is 4.36. The minimum absolute atomic E-state index is 0.0835. The number of likely N-dealkylation sites (tertiary alicyclic amines) is 1. The lowest BCUT2D eigenvalue weighted by molar-refractivity contribution is -0.139. The molecule has 0 aromatic carbocycles. The van der Waals surface area contributed by atoms with Gasteiger partial charge in [0.2, 0.25) is 5.91 Å². The van der Waals surface area contributed by atoms with Crippen LogP contribution in [0.4, 0.5) is 0 Å². The van der Waals surface area contributed by atoms with Gasteiger partial charge in [0, 0.05) is 24.7 Å². The van der Waals surface area contributed by atoms with Gasteiger partial charge in [0.25, 0.3) is 0 Å². The summed E-state index contributed by atoms with van der Waals surface area (Å²) in [7, 11) is 0. The summed E-state index contributed by atoms with van der Waals surface area (Å²) in [4.78, 5) is 14.5. The van der Waals surface area contributed by atoms with Crippen molar-refractivity contribution in [2.45, 2.75) is 58.0 Å². The number of nitrogens with one attached hydrogen (secondary N) is 1. The van der Waals surface area contributed by atoms with Gasteiger partial charge < -0.3 is 10.2 Å². The molecule has 2 saturated heterocycles. The SMILES string of the molecule is CC1CCC(C(=O)N2CCCC2(C)C)CN1. The molecule has 2 aliphatic rings. The van der Waals surface area contributed by atoms with Crippen molar-refractivity contribution >= 4 is 5.91 Å². The number of amides is 1. The Balaban J connectivity index is 1.97. The highest BCUT2D eigenvalue weighted by Gasteiger charge is 2.38. The topological polar surface area (TPSA) is 32.3 Å². The molecule has 0 spiro atoms. The molecule has 0 aromatic heterocycles. The van der Waals surface area contributed by atoms with Gasteiger partial charge in [0.1, 0.15) is 0 Å². The first-order valence-electron chi connectivity index (χ1n) is 6.55. The second-order valence-electron chi connectivity index (χ2n) is 5.99. The molecule has 0 aliphatic carbocycles. The summed E-state index contributed by atoms with van der Waals surface area (Å²) < 4.78 is 0. The van der Waals surface area contributed by atoms with Crippen molar-refractivity contribution < 1.29 is 4.79 Å². The van der Waals surface area contributed by atoms with Crippen LogP contribution in [0.1, 0.15) is 46.5 Å². The van der Waals surface area contributed by atoms with E-state index in [1.54, 1.807) is 0 Å². The fraction of sp³-hybridized carbons (Fsp3) is 0.923.